The SMILES string of the molecule is Cc1cccc(SCc2cccnc2C(N)=NO)c1. The van der Waals surface area contributed by atoms with Gasteiger partial charge in [0.25, 0.3) is 0 Å². The van der Waals surface area contributed by atoms with E-state index in [1.807, 2.05) is 18.2 Å². The van der Waals surface area contributed by atoms with Crippen LogP contribution < -0.4 is 5.73 Å². The van der Waals surface area contributed by atoms with Gasteiger partial charge >= 0.3 is 0 Å². The summed E-state index contributed by atoms with van der Waals surface area (Å²) in [6.07, 6.45) is 1.63. The topological polar surface area (TPSA) is 71.5 Å². The van der Waals surface area contributed by atoms with Gasteiger partial charge in [-0.3, -0.25) is 4.98 Å². The van der Waals surface area contributed by atoms with E-state index in [-0.39, 0.29) is 5.84 Å². The lowest BCUT2D eigenvalue weighted by molar-refractivity contribution is 0.318. The summed E-state index contributed by atoms with van der Waals surface area (Å²) in [6.45, 7) is 2.07. The third-order valence-corrected chi connectivity index (χ3v) is 3.67. The summed E-state index contributed by atoms with van der Waals surface area (Å²) in [5.74, 6) is 0.767. The van der Waals surface area contributed by atoms with E-state index >= 15 is 0 Å². The lowest BCUT2D eigenvalue weighted by Crippen LogP contribution is -2.17. The Bertz CT molecular complexity index is 599. The molecule has 0 unspecified atom stereocenters. The fraction of sp³-hybridized carbons (Fsp3) is 0.143. The Labute approximate surface area is 116 Å². The first-order chi connectivity index (χ1) is 9.20. The summed E-state index contributed by atoms with van der Waals surface area (Å²) >= 11 is 1.70. The maximum absolute atomic E-state index is 8.75. The van der Waals surface area contributed by atoms with E-state index in [9.17, 15) is 0 Å². The molecular formula is C14H15N3OS. The van der Waals surface area contributed by atoms with E-state index < -0.39 is 0 Å². The maximum atomic E-state index is 8.75. The zero-order chi connectivity index (χ0) is 13.7. The molecule has 98 valence electrons. The Hall–Kier alpha value is -2.01. The lowest BCUT2D eigenvalue weighted by atomic mass is 10.2. The predicted octanol–water partition coefficient (Wildman–Crippen LogP) is 2.78. The van der Waals surface area contributed by atoms with E-state index in [0.717, 1.165) is 11.3 Å². The monoisotopic (exact) mass is 273 g/mol. The molecule has 0 radical (unpaired) electrons. The van der Waals surface area contributed by atoms with Crippen LogP contribution in [0.2, 0.25) is 0 Å². The first kappa shape index (κ1) is 13.4. The maximum Gasteiger partial charge on any atom is 0.189 e. The zero-order valence-electron chi connectivity index (χ0n) is 10.6. The van der Waals surface area contributed by atoms with Gasteiger partial charge in [-0.2, -0.15) is 0 Å². The van der Waals surface area contributed by atoms with Crippen molar-refractivity contribution in [3.8, 4) is 0 Å². The Morgan fingerprint density at radius 3 is 2.95 bits per heavy atom. The Morgan fingerprint density at radius 1 is 1.37 bits per heavy atom. The Morgan fingerprint density at radius 2 is 2.21 bits per heavy atom. The summed E-state index contributed by atoms with van der Waals surface area (Å²) in [5, 5.41) is 11.8. The standard InChI is InChI=1S/C14H15N3OS/c1-10-4-2-6-12(8-10)19-9-11-5-3-7-16-13(11)14(15)17-18/h2-8,18H,9H2,1H3,(H2,15,17). The summed E-state index contributed by atoms with van der Waals surface area (Å²) in [6, 6.07) is 12.1. The molecule has 0 amide bonds. The number of pyridine rings is 1. The van der Waals surface area contributed by atoms with E-state index in [0.29, 0.717) is 5.69 Å². The van der Waals surface area contributed by atoms with Crippen molar-refractivity contribution in [1.29, 1.82) is 0 Å². The van der Waals surface area contributed by atoms with Crippen molar-refractivity contribution in [1.82, 2.24) is 4.98 Å². The number of rotatable bonds is 4. The van der Waals surface area contributed by atoms with Crippen molar-refractivity contribution in [3.05, 3.63) is 59.4 Å². The quantitative estimate of drug-likeness (QED) is 0.295. The number of hydrogen-bond acceptors (Lipinski definition) is 4. The van der Waals surface area contributed by atoms with Crippen LogP contribution in [0.1, 0.15) is 16.8 Å². The lowest BCUT2D eigenvalue weighted by Gasteiger charge is -2.07. The van der Waals surface area contributed by atoms with Crippen LogP contribution in [-0.4, -0.2) is 16.0 Å². The fourth-order valence-corrected chi connectivity index (χ4v) is 2.70. The van der Waals surface area contributed by atoms with Crippen LogP contribution in [0.5, 0.6) is 0 Å². The van der Waals surface area contributed by atoms with Crippen LogP contribution in [0.25, 0.3) is 0 Å². The van der Waals surface area contributed by atoms with Gasteiger partial charge in [-0.05, 0) is 30.7 Å². The normalized spacial score (nSPS) is 11.5. The molecule has 0 saturated carbocycles. The van der Waals surface area contributed by atoms with Crippen molar-refractivity contribution in [2.75, 3.05) is 0 Å². The van der Waals surface area contributed by atoms with Crippen LogP contribution in [-0.2, 0) is 5.75 Å². The minimum atomic E-state index is 0.0421. The second kappa shape index (κ2) is 6.24. The van der Waals surface area contributed by atoms with Gasteiger partial charge in [0.05, 0.1) is 0 Å². The molecule has 1 aromatic carbocycles. The van der Waals surface area contributed by atoms with Crippen LogP contribution >= 0.6 is 11.8 Å². The van der Waals surface area contributed by atoms with Crippen LogP contribution in [0, 0.1) is 6.92 Å². The molecule has 1 heterocycles. The highest BCUT2D eigenvalue weighted by molar-refractivity contribution is 7.98. The molecule has 0 atom stereocenters. The highest BCUT2D eigenvalue weighted by Crippen LogP contribution is 2.24. The molecule has 0 aliphatic carbocycles. The molecule has 0 aliphatic heterocycles. The molecular weight excluding hydrogens is 258 g/mol. The van der Waals surface area contributed by atoms with Gasteiger partial charge in [-0.1, -0.05) is 28.9 Å². The number of amidine groups is 1. The number of thioether (sulfide) groups is 1. The second-order valence-electron chi connectivity index (χ2n) is 4.10. The minimum absolute atomic E-state index is 0.0421. The van der Waals surface area contributed by atoms with Crippen LogP contribution in [0.4, 0.5) is 0 Å². The molecule has 5 heteroatoms. The van der Waals surface area contributed by atoms with E-state index in [4.69, 9.17) is 10.9 Å². The second-order valence-corrected chi connectivity index (χ2v) is 5.15. The average Bonchev–Trinajstić information content (AvgIpc) is 2.45. The Kier molecular flexibility index (Phi) is 4.41. The largest absolute Gasteiger partial charge is 0.409 e. The van der Waals surface area contributed by atoms with E-state index in [1.165, 1.54) is 10.5 Å². The van der Waals surface area contributed by atoms with E-state index in [1.54, 1.807) is 18.0 Å². The zero-order valence-corrected chi connectivity index (χ0v) is 11.4. The number of nitrogens with two attached hydrogens (primary N) is 1. The van der Waals surface area contributed by atoms with Crippen molar-refractivity contribution in [2.24, 2.45) is 10.9 Å². The molecule has 0 spiro atoms. The summed E-state index contributed by atoms with van der Waals surface area (Å²) < 4.78 is 0. The molecule has 1 aromatic heterocycles. The molecule has 0 aliphatic rings. The van der Waals surface area contributed by atoms with Gasteiger partial charge in [0.15, 0.2) is 5.84 Å². The minimum Gasteiger partial charge on any atom is -0.409 e. The number of hydrogen-bond donors (Lipinski definition) is 2. The summed E-state index contributed by atoms with van der Waals surface area (Å²) in [4.78, 5) is 5.34. The number of aryl methyl sites for hydroxylation is 1. The number of nitrogens with zero attached hydrogens (tertiary/aromatic N) is 2. The molecule has 0 fully saturated rings. The summed E-state index contributed by atoms with van der Waals surface area (Å²) in [7, 11) is 0. The van der Waals surface area contributed by atoms with Gasteiger partial charge in [0.2, 0.25) is 0 Å². The molecule has 2 aromatic rings. The molecule has 0 bridgehead atoms. The number of aromatic nitrogens is 1. The Balaban J connectivity index is 2.16. The van der Waals surface area contributed by atoms with Crippen LogP contribution in [0.3, 0.4) is 0 Å². The van der Waals surface area contributed by atoms with Gasteiger partial charge < -0.3 is 10.9 Å². The van der Waals surface area contributed by atoms with Gasteiger partial charge in [-0.15, -0.1) is 11.8 Å². The highest BCUT2D eigenvalue weighted by atomic mass is 32.2. The number of benzene rings is 1. The van der Waals surface area contributed by atoms with Gasteiger partial charge in [-0.25, -0.2) is 0 Å². The average molecular weight is 273 g/mol. The highest BCUT2D eigenvalue weighted by Gasteiger charge is 2.08. The number of oxime groups is 1. The molecule has 4 nitrogen and oxygen atoms in total. The van der Waals surface area contributed by atoms with Gasteiger partial charge in [0, 0.05) is 16.8 Å². The summed E-state index contributed by atoms with van der Waals surface area (Å²) in [5.41, 5.74) is 8.33. The molecule has 0 saturated heterocycles. The molecule has 3 N–H and O–H groups in total. The van der Waals surface area contributed by atoms with Gasteiger partial charge in [0.1, 0.15) is 5.69 Å². The predicted molar refractivity (Wildman–Crippen MR) is 77.5 cm³/mol. The smallest absolute Gasteiger partial charge is 0.189 e. The third-order valence-electron chi connectivity index (χ3n) is 2.63. The van der Waals surface area contributed by atoms with Crippen molar-refractivity contribution < 1.29 is 5.21 Å². The fourth-order valence-electron chi connectivity index (χ4n) is 1.70. The first-order valence-electron chi connectivity index (χ1n) is 5.82. The van der Waals surface area contributed by atoms with E-state index in [2.05, 4.69) is 35.3 Å². The van der Waals surface area contributed by atoms with Crippen molar-refractivity contribution in [2.45, 2.75) is 17.6 Å². The third kappa shape index (κ3) is 3.48. The van der Waals surface area contributed by atoms with Crippen molar-refractivity contribution >= 4 is 17.6 Å². The van der Waals surface area contributed by atoms with Crippen molar-refractivity contribution in [3.63, 3.8) is 0 Å². The molecule has 19 heavy (non-hydrogen) atoms. The van der Waals surface area contributed by atoms with Crippen LogP contribution in [0.15, 0.2) is 52.6 Å². The molecule has 2 rings (SSSR count). The first-order valence-corrected chi connectivity index (χ1v) is 6.80.